The van der Waals surface area contributed by atoms with Crippen molar-refractivity contribution in [3.63, 3.8) is 0 Å². The lowest BCUT2D eigenvalue weighted by Crippen LogP contribution is -2.15. The van der Waals surface area contributed by atoms with Crippen LogP contribution in [-0.4, -0.2) is 17.3 Å². The van der Waals surface area contributed by atoms with Crippen molar-refractivity contribution in [2.45, 2.75) is 70.6 Å². The van der Waals surface area contributed by atoms with Gasteiger partial charge in [0.2, 0.25) is 0 Å². The van der Waals surface area contributed by atoms with Crippen LogP contribution in [-0.2, 0) is 23.6 Å². The molecule has 0 bridgehead atoms. The summed E-state index contributed by atoms with van der Waals surface area (Å²) in [7, 11) is 0. The number of unbranched alkanes of at least 4 members (excludes halogenated alkanes) is 2. The maximum absolute atomic E-state index is 13.2. The third kappa shape index (κ3) is 7.40. The predicted molar refractivity (Wildman–Crippen MR) is 126 cm³/mol. The van der Waals surface area contributed by atoms with E-state index in [0.29, 0.717) is 55.4 Å². The fourth-order valence-corrected chi connectivity index (χ4v) is 4.26. The highest BCUT2D eigenvalue weighted by Crippen LogP contribution is 2.37. The van der Waals surface area contributed by atoms with Crippen LogP contribution in [0.5, 0.6) is 0 Å². The Labute approximate surface area is 210 Å². The summed E-state index contributed by atoms with van der Waals surface area (Å²) < 4.78 is 78.9. The van der Waals surface area contributed by atoms with Gasteiger partial charge < -0.3 is 0 Å². The first-order valence-corrected chi connectivity index (χ1v) is 12.0. The molecule has 0 saturated heterocycles. The molecule has 0 heterocycles. The lowest BCUT2D eigenvalue weighted by molar-refractivity contribution is -0.143. The quantitative estimate of drug-likeness (QED) is 0.144. The van der Waals surface area contributed by atoms with E-state index >= 15 is 0 Å². The van der Waals surface area contributed by atoms with Gasteiger partial charge in [-0.3, -0.25) is 14.4 Å². The Hall–Kier alpha value is -3.23. The normalized spacial score (nSPS) is 15.1. The van der Waals surface area contributed by atoms with Crippen LogP contribution >= 0.6 is 0 Å². The molecule has 37 heavy (non-hydrogen) atoms. The zero-order valence-corrected chi connectivity index (χ0v) is 20.2. The van der Waals surface area contributed by atoms with Crippen LogP contribution < -0.4 is 0 Å². The number of Topliss-reactive ketones (excluding diaryl/α,β-unsaturated/α-hetero) is 3. The summed E-state index contributed by atoms with van der Waals surface area (Å²) in [6, 6.07) is 5.83. The van der Waals surface area contributed by atoms with Crippen molar-refractivity contribution >= 4 is 23.4 Å². The van der Waals surface area contributed by atoms with Crippen molar-refractivity contribution < 1.29 is 40.7 Å². The first kappa shape index (κ1) is 28.3. The molecule has 2 aromatic carbocycles. The van der Waals surface area contributed by atoms with Gasteiger partial charge in [-0.15, -0.1) is 0 Å². The monoisotopic (exact) mass is 524 g/mol. The van der Waals surface area contributed by atoms with Crippen molar-refractivity contribution in [3.05, 3.63) is 75.4 Å². The smallest absolute Gasteiger partial charge is 0.300 e. The van der Waals surface area contributed by atoms with E-state index in [9.17, 15) is 40.7 Å². The Kier molecular flexibility index (Phi) is 8.76. The Morgan fingerprint density at radius 1 is 0.838 bits per heavy atom. The summed E-state index contributed by atoms with van der Waals surface area (Å²) in [5.74, 6) is -0.401. The van der Waals surface area contributed by atoms with Gasteiger partial charge in [0.1, 0.15) is 5.78 Å². The van der Waals surface area contributed by atoms with Crippen LogP contribution in [0.1, 0.15) is 94.8 Å². The minimum absolute atomic E-state index is 0.0449. The summed E-state index contributed by atoms with van der Waals surface area (Å²) in [4.78, 5) is 36.9. The fraction of sp³-hybridized carbons (Fsp3) is 0.393. The second-order valence-corrected chi connectivity index (χ2v) is 9.09. The molecule has 0 radical (unpaired) electrons. The lowest BCUT2D eigenvalue weighted by Gasteiger charge is -2.19. The van der Waals surface area contributed by atoms with E-state index < -0.39 is 29.3 Å². The molecule has 9 heteroatoms. The Morgan fingerprint density at radius 2 is 1.46 bits per heavy atom. The molecule has 3 nitrogen and oxygen atoms in total. The van der Waals surface area contributed by atoms with Gasteiger partial charge in [0.05, 0.1) is 11.1 Å². The molecule has 0 aromatic heterocycles. The summed E-state index contributed by atoms with van der Waals surface area (Å²) in [5.41, 5.74) is -1.83. The van der Waals surface area contributed by atoms with Gasteiger partial charge in [0.25, 0.3) is 0 Å². The molecule has 2 aromatic rings. The van der Waals surface area contributed by atoms with Crippen molar-refractivity contribution in [1.29, 1.82) is 0 Å². The number of fused-ring (bicyclic) bond motifs is 1. The number of rotatable bonds is 9. The van der Waals surface area contributed by atoms with Crippen LogP contribution in [0, 0.1) is 0 Å². The molecule has 0 spiro atoms. The maximum Gasteiger partial charge on any atom is 0.416 e. The zero-order chi connectivity index (χ0) is 27.4. The van der Waals surface area contributed by atoms with E-state index in [1.807, 2.05) is 0 Å². The van der Waals surface area contributed by atoms with Crippen molar-refractivity contribution in [1.82, 2.24) is 0 Å². The van der Waals surface area contributed by atoms with Gasteiger partial charge in [0, 0.05) is 36.0 Å². The standard InChI is InChI=1S/C28H26F6O3/c1-2-23(35)6-4-3-5-7-25(36)19-10-11-24-18(15-19)8-9-20(26(24)37)12-17-13-21(27(29,30)31)16-22(14-17)28(32,33)34/h10-16H,2-9H2,1H3/b20-12+. The lowest BCUT2D eigenvalue weighted by atomic mass is 9.84. The van der Waals surface area contributed by atoms with Crippen molar-refractivity contribution in [3.8, 4) is 0 Å². The second-order valence-electron chi connectivity index (χ2n) is 9.09. The highest BCUT2D eigenvalue weighted by molar-refractivity contribution is 6.13. The Balaban J connectivity index is 1.76. The molecule has 198 valence electrons. The Morgan fingerprint density at radius 3 is 2.05 bits per heavy atom. The number of alkyl halides is 6. The molecular weight excluding hydrogens is 498 g/mol. The SMILES string of the molecule is CCC(=O)CCCCCC(=O)c1ccc2c(c1)CC/C(=C\c1cc(C(F)(F)F)cc(C(F)(F)F)c1)C2=O. The van der Waals surface area contributed by atoms with E-state index in [1.54, 1.807) is 13.0 Å². The minimum Gasteiger partial charge on any atom is -0.300 e. The minimum atomic E-state index is -4.98. The zero-order valence-electron chi connectivity index (χ0n) is 20.2. The van der Waals surface area contributed by atoms with E-state index in [2.05, 4.69) is 0 Å². The second kappa shape index (κ2) is 11.4. The number of carbonyl (C=O) groups is 3. The van der Waals surface area contributed by atoms with E-state index in [0.717, 1.165) is 18.9 Å². The Bertz CT molecular complexity index is 1190. The number of benzene rings is 2. The van der Waals surface area contributed by atoms with Gasteiger partial charge in [0.15, 0.2) is 11.6 Å². The number of hydrogen-bond acceptors (Lipinski definition) is 3. The van der Waals surface area contributed by atoms with Crippen molar-refractivity contribution in [2.24, 2.45) is 0 Å². The number of allylic oxidation sites excluding steroid dienone is 1. The largest absolute Gasteiger partial charge is 0.416 e. The molecule has 0 saturated carbocycles. The molecule has 0 N–H and O–H groups in total. The van der Waals surface area contributed by atoms with Crippen molar-refractivity contribution in [2.75, 3.05) is 0 Å². The number of hydrogen-bond donors (Lipinski definition) is 0. The molecule has 3 rings (SSSR count). The van der Waals surface area contributed by atoms with Gasteiger partial charge >= 0.3 is 12.4 Å². The molecule has 0 unspecified atom stereocenters. The van der Waals surface area contributed by atoms with E-state index in [-0.39, 0.29) is 40.8 Å². The summed E-state index contributed by atoms with van der Waals surface area (Å²) in [6.07, 6.45) is -5.04. The van der Waals surface area contributed by atoms with Gasteiger partial charge in [-0.1, -0.05) is 25.5 Å². The van der Waals surface area contributed by atoms with E-state index in [4.69, 9.17) is 0 Å². The first-order valence-electron chi connectivity index (χ1n) is 12.0. The predicted octanol–water partition coefficient (Wildman–Crippen LogP) is 8.05. The summed E-state index contributed by atoms with van der Waals surface area (Å²) >= 11 is 0. The summed E-state index contributed by atoms with van der Waals surface area (Å²) in [6.45, 7) is 1.81. The molecular formula is C28H26F6O3. The maximum atomic E-state index is 13.2. The molecule has 0 aliphatic heterocycles. The average Bonchev–Trinajstić information content (AvgIpc) is 2.83. The topological polar surface area (TPSA) is 51.2 Å². The molecule has 1 aliphatic rings. The molecule has 0 fully saturated rings. The van der Waals surface area contributed by atoms with Crippen LogP contribution in [0.25, 0.3) is 6.08 Å². The van der Waals surface area contributed by atoms with Crippen LogP contribution in [0.4, 0.5) is 26.3 Å². The molecule has 0 amide bonds. The summed E-state index contributed by atoms with van der Waals surface area (Å²) in [5, 5.41) is 0. The number of aryl methyl sites for hydroxylation is 1. The average molecular weight is 525 g/mol. The van der Waals surface area contributed by atoms with Crippen LogP contribution in [0.3, 0.4) is 0 Å². The third-order valence-corrected chi connectivity index (χ3v) is 6.33. The fourth-order valence-electron chi connectivity index (χ4n) is 4.26. The molecule has 0 atom stereocenters. The highest BCUT2D eigenvalue weighted by Gasteiger charge is 2.37. The van der Waals surface area contributed by atoms with Crippen LogP contribution in [0.15, 0.2) is 42.0 Å². The van der Waals surface area contributed by atoms with Gasteiger partial charge in [-0.25, -0.2) is 0 Å². The third-order valence-electron chi connectivity index (χ3n) is 6.33. The van der Waals surface area contributed by atoms with Gasteiger partial charge in [-0.2, -0.15) is 26.3 Å². The first-order chi connectivity index (χ1) is 17.3. The van der Waals surface area contributed by atoms with E-state index in [1.165, 1.54) is 12.1 Å². The number of carbonyl (C=O) groups excluding carboxylic acids is 3. The highest BCUT2D eigenvalue weighted by atomic mass is 19.4. The van der Waals surface area contributed by atoms with Crippen LogP contribution in [0.2, 0.25) is 0 Å². The van der Waals surface area contributed by atoms with Gasteiger partial charge in [-0.05, 0) is 67.2 Å². The number of halogens is 6. The number of ketones is 3. The molecule has 1 aliphatic carbocycles.